The Balaban J connectivity index is 0.000000260. The fourth-order valence-electron chi connectivity index (χ4n) is 3.25. The molecule has 0 aromatic carbocycles. The van der Waals surface area contributed by atoms with Gasteiger partial charge in [0.15, 0.2) is 11.6 Å². The van der Waals surface area contributed by atoms with Crippen molar-refractivity contribution in [3.8, 4) is 0 Å². The number of ketones is 2. The molecule has 3 atom stereocenters. The number of aliphatic hydroxyl groups is 3. The van der Waals surface area contributed by atoms with Crippen molar-refractivity contribution in [1.29, 1.82) is 0 Å². The molecule has 0 aromatic heterocycles. The van der Waals surface area contributed by atoms with Gasteiger partial charge >= 0.3 is 0 Å². The zero-order valence-electron chi connectivity index (χ0n) is 17.3. The lowest BCUT2D eigenvalue weighted by atomic mass is 9.68. The summed E-state index contributed by atoms with van der Waals surface area (Å²) in [5, 5.41) is 28.9. The van der Waals surface area contributed by atoms with E-state index in [0.717, 1.165) is 6.42 Å². The zero-order valence-corrected chi connectivity index (χ0v) is 17.3. The molecule has 150 valence electrons. The number of Topliss-reactive ketones (excluding diaryl/α,β-unsaturated/α-hetero) is 1. The van der Waals surface area contributed by atoms with Crippen LogP contribution in [0.2, 0.25) is 0 Å². The maximum Gasteiger partial charge on any atom is 0.186 e. The van der Waals surface area contributed by atoms with E-state index in [9.17, 15) is 24.9 Å². The quantitative estimate of drug-likeness (QED) is 0.661. The molecule has 2 rings (SSSR count). The summed E-state index contributed by atoms with van der Waals surface area (Å²) in [6.45, 7) is 12.9. The highest BCUT2D eigenvalue weighted by Gasteiger charge is 2.40. The monoisotopic (exact) mass is 368 g/mol. The molecule has 5 nitrogen and oxygen atoms in total. The molecule has 1 saturated carbocycles. The second kappa shape index (κ2) is 7.53. The minimum atomic E-state index is -1.24. The van der Waals surface area contributed by atoms with Gasteiger partial charge in [0.2, 0.25) is 0 Å². The lowest BCUT2D eigenvalue weighted by molar-refractivity contribution is -0.143. The molecule has 0 aliphatic heterocycles. The molecule has 1 fully saturated rings. The summed E-state index contributed by atoms with van der Waals surface area (Å²) in [5.74, 6) is 0.134. The largest absolute Gasteiger partial charge is 0.386 e. The third-order valence-electron chi connectivity index (χ3n) is 5.74. The van der Waals surface area contributed by atoms with E-state index in [1.165, 1.54) is 13.0 Å². The molecular weight excluding hydrogens is 332 g/mol. The van der Waals surface area contributed by atoms with Crippen LogP contribution >= 0.6 is 0 Å². The predicted molar refractivity (Wildman–Crippen MR) is 102 cm³/mol. The van der Waals surface area contributed by atoms with Gasteiger partial charge in [-0.2, -0.15) is 0 Å². The van der Waals surface area contributed by atoms with E-state index in [4.69, 9.17) is 0 Å². The molecule has 26 heavy (non-hydrogen) atoms. The lowest BCUT2D eigenvalue weighted by Gasteiger charge is -2.38. The summed E-state index contributed by atoms with van der Waals surface area (Å²) in [5.41, 5.74) is -2.36. The Hall–Kier alpha value is -1.04. The summed E-state index contributed by atoms with van der Waals surface area (Å²) in [7, 11) is 0. The molecule has 0 saturated heterocycles. The van der Waals surface area contributed by atoms with E-state index in [1.54, 1.807) is 20.8 Å². The van der Waals surface area contributed by atoms with Gasteiger partial charge in [-0.1, -0.05) is 20.8 Å². The van der Waals surface area contributed by atoms with Crippen molar-refractivity contribution in [3.63, 3.8) is 0 Å². The summed E-state index contributed by atoms with van der Waals surface area (Å²) >= 11 is 0. The number of rotatable bonds is 1. The Morgan fingerprint density at radius 3 is 1.92 bits per heavy atom. The van der Waals surface area contributed by atoms with Gasteiger partial charge < -0.3 is 15.3 Å². The zero-order chi connectivity index (χ0) is 20.6. The third kappa shape index (κ3) is 6.00. The van der Waals surface area contributed by atoms with Crippen molar-refractivity contribution in [3.05, 3.63) is 11.6 Å². The van der Waals surface area contributed by atoms with Crippen LogP contribution in [0.5, 0.6) is 0 Å². The minimum absolute atomic E-state index is 0.0127. The maximum absolute atomic E-state index is 11.5. The van der Waals surface area contributed by atoms with Gasteiger partial charge in [0.1, 0.15) is 11.2 Å². The first-order valence-corrected chi connectivity index (χ1v) is 9.43. The molecular formula is C21H36O5. The van der Waals surface area contributed by atoms with Crippen LogP contribution in [0.4, 0.5) is 0 Å². The number of carbonyl (C=O) groups excluding carboxylic acids is 2. The van der Waals surface area contributed by atoms with Gasteiger partial charge in [-0.25, -0.2) is 0 Å². The van der Waals surface area contributed by atoms with Crippen LogP contribution in [0.25, 0.3) is 0 Å². The van der Waals surface area contributed by atoms with Crippen molar-refractivity contribution < 1.29 is 24.9 Å². The van der Waals surface area contributed by atoms with Crippen molar-refractivity contribution in [1.82, 2.24) is 0 Å². The molecule has 0 amide bonds. The molecule has 0 bridgehead atoms. The highest BCUT2D eigenvalue weighted by Crippen LogP contribution is 2.39. The van der Waals surface area contributed by atoms with Crippen LogP contribution in [0.1, 0.15) is 80.6 Å². The van der Waals surface area contributed by atoms with E-state index in [1.807, 2.05) is 0 Å². The Morgan fingerprint density at radius 2 is 1.54 bits per heavy atom. The number of hydrogen-bond acceptors (Lipinski definition) is 5. The summed E-state index contributed by atoms with van der Waals surface area (Å²) < 4.78 is 0. The Labute approximate surface area is 157 Å². The van der Waals surface area contributed by atoms with Gasteiger partial charge in [-0.15, -0.1) is 0 Å². The third-order valence-corrected chi connectivity index (χ3v) is 5.74. The van der Waals surface area contributed by atoms with Crippen molar-refractivity contribution in [2.45, 2.75) is 97.4 Å². The highest BCUT2D eigenvalue weighted by molar-refractivity contribution is 5.98. The molecule has 3 unspecified atom stereocenters. The first kappa shape index (κ1) is 23.0. The summed E-state index contributed by atoms with van der Waals surface area (Å²) in [4.78, 5) is 22.9. The average molecular weight is 369 g/mol. The second-order valence-corrected chi connectivity index (χ2v) is 9.87. The van der Waals surface area contributed by atoms with Crippen molar-refractivity contribution in [2.24, 2.45) is 11.3 Å². The Morgan fingerprint density at radius 1 is 1.00 bits per heavy atom. The van der Waals surface area contributed by atoms with E-state index in [-0.39, 0.29) is 17.0 Å². The first-order chi connectivity index (χ1) is 11.5. The Kier molecular flexibility index (Phi) is 6.66. The van der Waals surface area contributed by atoms with Crippen molar-refractivity contribution in [2.75, 3.05) is 0 Å². The Bertz CT molecular complexity index is 570. The maximum atomic E-state index is 11.5. The molecule has 0 aromatic rings. The van der Waals surface area contributed by atoms with Gasteiger partial charge in [-0.3, -0.25) is 9.59 Å². The minimum Gasteiger partial charge on any atom is -0.386 e. The lowest BCUT2D eigenvalue weighted by Crippen LogP contribution is -2.43. The smallest absolute Gasteiger partial charge is 0.186 e. The normalized spacial score (nSPS) is 33.3. The molecule has 0 heterocycles. The van der Waals surface area contributed by atoms with Crippen LogP contribution in [0.3, 0.4) is 0 Å². The number of hydrogen-bond donors (Lipinski definition) is 3. The van der Waals surface area contributed by atoms with Crippen LogP contribution in [0.15, 0.2) is 11.6 Å². The van der Waals surface area contributed by atoms with Gasteiger partial charge in [-0.05, 0) is 76.4 Å². The van der Waals surface area contributed by atoms with Crippen LogP contribution in [-0.4, -0.2) is 43.7 Å². The standard InChI is InChI=1S/C11H20O2.C10H16O3/c1-10(2,3)8-5-6-11(4,13)9(12)7-8;1-9(2,12)7-4-5-10(3,13)8(11)6-7/h8,13H,5-7H2,1-4H3;6,12-13H,4-5H2,1-3H3. The topological polar surface area (TPSA) is 94.8 Å². The number of carbonyl (C=O) groups is 2. The van der Waals surface area contributed by atoms with Crippen LogP contribution < -0.4 is 0 Å². The first-order valence-electron chi connectivity index (χ1n) is 9.43. The fraction of sp³-hybridized carbons (Fsp3) is 0.810. The van der Waals surface area contributed by atoms with Gasteiger partial charge in [0, 0.05) is 6.42 Å². The van der Waals surface area contributed by atoms with E-state index < -0.39 is 16.8 Å². The second-order valence-electron chi connectivity index (χ2n) is 9.87. The molecule has 3 N–H and O–H groups in total. The van der Waals surface area contributed by atoms with E-state index >= 15 is 0 Å². The molecule has 5 heteroatoms. The molecule has 2 aliphatic rings. The molecule has 0 spiro atoms. The fourth-order valence-corrected chi connectivity index (χ4v) is 3.25. The SMILES string of the molecule is CC(C)(O)C1=CC(=O)C(C)(O)CC1.CC1(O)CCC(C(C)(C)C)CC1=O. The van der Waals surface area contributed by atoms with Crippen molar-refractivity contribution >= 4 is 11.6 Å². The molecule has 2 aliphatic carbocycles. The van der Waals surface area contributed by atoms with E-state index in [2.05, 4.69) is 20.8 Å². The van der Waals surface area contributed by atoms with Gasteiger partial charge in [0.25, 0.3) is 0 Å². The highest BCUT2D eigenvalue weighted by atomic mass is 16.3. The average Bonchev–Trinajstić information content (AvgIpc) is 2.43. The predicted octanol–water partition coefficient (Wildman–Crippen LogP) is 2.95. The summed E-state index contributed by atoms with van der Waals surface area (Å²) in [6, 6.07) is 0. The summed E-state index contributed by atoms with van der Waals surface area (Å²) in [6.07, 6.45) is 4.44. The van der Waals surface area contributed by atoms with Crippen LogP contribution in [0, 0.1) is 11.3 Å². The van der Waals surface area contributed by atoms with Crippen LogP contribution in [-0.2, 0) is 9.59 Å². The molecule has 0 radical (unpaired) electrons. The van der Waals surface area contributed by atoms with E-state index in [0.29, 0.717) is 37.2 Å². The van der Waals surface area contributed by atoms with Gasteiger partial charge in [0.05, 0.1) is 5.60 Å².